The SMILES string of the molecule is CCCCOC(=O)CC1C(=O)NCCN1C(=S)NC(=O)c1cc(Br)ccc1OCCCC. The van der Waals surface area contributed by atoms with Crippen LogP contribution in [-0.4, -0.2) is 60.1 Å². The van der Waals surface area contributed by atoms with Crippen LogP contribution in [0, 0.1) is 0 Å². The Balaban J connectivity index is 2.08. The Hall–Kier alpha value is -2.20. The zero-order chi connectivity index (χ0) is 23.5. The zero-order valence-corrected chi connectivity index (χ0v) is 20.9. The molecular weight excluding hydrogens is 498 g/mol. The first-order valence-electron chi connectivity index (χ1n) is 10.8. The van der Waals surface area contributed by atoms with E-state index in [1.165, 1.54) is 0 Å². The summed E-state index contributed by atoms with van der Waals surface area (Å²) in [5.41, 5.74) is 0.329. The van der Waals surface area contributed by atoms with Crippen LogP contribution in [0.3, 0.4) is 0 Å². The molecule has 0 spiro atoms. The van der Waals surface area contributed by atoms with Crippen molar-refractivity contribution in [3.8, 4) is 5.75 Å². The van der Waals surface area contributed by atoms with Gasteiger partial charge in [0.15, 0.2) is 5.11 Å². The third-order valence-corrected chi connectivity index (χ3v) is 5.70. The van der Waals surface area contributed by atoms with E-state index < -0.39 is 17.9 Å². The molecule has 2 N–H and O–H groups in total. The van der Waals surface area contributed by atoms with Crippen molar-refractivity contribution in [2.45, 2.75) is 52.0 Å². The minimum absolute atomic E-state index is 0.0793. The van der Waals surface area contributed by atoms with E-state index in [1.54, 1.807) is 23.1 Å². The van der Waals surface area contributed by atoms with E-state index in [1.807, 2.05) is 6.92 Å². The monoisotopic (exact) mass is 527 g/mol. The summed E-state index contributed by atoms with van der Waals surface area (Å²) >= 11 is 8.81. The highest BCUT2D eigenvalue weighted by Crippen LogP contribution is 2.24. The minimum atomic E-state index is -0.839. The first-order valence-corrected chi connectivity index (χ1v) is 12.0. The van der Waals surface area contributed by atoms with E-state index >= 15 is 0 Å². The van der Waals surface area contributed by atoms with E-state index in [9.17, 15) is 14.4 Å². The molecule has 2 amide bonds. The molecule has 1 aliphatic rings. The maximum absolute atomic E-state index is 13.0. The van der Waals surface area contributed by atoms with E-state index in [-0.39, 0.29) is 17.4 Å². The Labute approximate surface area is 202 Å². The molecule has 1 heterocycles. The zero-order valence-electron chi connectivity index (χ0n) is 18.4. The predicted octanol–water partition coefficient (Wildman–Crippen LogP) is 3.18. The molecule has 2 rings (SSSR count). The van der Waals surface area contributed by atoms with Gasteiger partial charge in [-0.1, -0.05) is 42.6 Å². The molecule has 1 fully saturated rings. The Morgan fingerprint density at radius 3 is 2.69 bits per heavy atom. The number of hydrogen-bond donors (Lipinski definition) is 2. The van der Waals surface area contributed by atoms with Gasteiger partial charge in [0, 0.05) is 17.6 Å². The van der Waals surface area contributed by atoms with Gasteiger partial charge >= 0.3 is 5.97 Å². The number of piperazine rings is 1. The number of halogens is 1. The van der Waals surface area contributed by atoms with E-state index in [0.29, 0.717) is 37.6 Å². The lowest BCUT2D eigenvalue weighted by Crippen LogP contribution is -2.60. The van der Waals surface area contributed by atoms with Gasteiger partial charge in [-0.3, -0.25) is 19.7 Å². The molecule has 1 saturated heterocycles. The molecule has 0 radical (unpaired) electrons. The van der Waals surface area contributed by atoms with Crippen molar-refractivity contribution in [3.05, 3.63) is 28.2 Å². The second-order valence-electron chi connectivity index (χ2n) is 7.38. The molecule has 32 heavy (non-hydrogen) atoms. The topological polar surface area (TPSA) is 97.0 Å². The number of nitrogens with one attached hydrogen (secondary N) is 2. The first kappa shape index (κ1) is 26.1. The summed E-state index contributed by atoms with van der Waals surface area (Å²) in [4.78, 5) is 39.1. The summed E-state index contributed by atoms with van der Waals surface area (Å²) in [7, 11) is 0. The maximum atomic E-state index is 13.0. The highest BCUT2D eigenvalue weighted by atomic mass is 79.9. The van der Waals surface area contributed by atoms with Gasteiger partial charge in [0.1, 0.15) is 11.8 Å². The van der Waals surface area contributed by atoms with Crippen molar-refractivity contribution in [1.82, 2.24) is 15.5 Å². The molecule has 1 aromatic rings. The standard InChI is InChI=1S/C22H30BrN3O5S/c1-3-5-11-30-18-8-7-15(23)13-16(18)20(28)25-22(32)26-10-9-24-21(29)17(26)14-19(27)31-12-6-4-2/h7-8,13,17H,3-6,9-12,14H2,1-2H3,(H,24,29)(H,25,28,32). The first-order chi connectivity index (χ1) is 15.4. The number of benzene rings is 1. The summed E-state index contributed by atoms with van der Waals surface area (Å²) in [5.74, 6) is -0.794. The summed E-state index contributed by atoms with van der Waals surface area (Å²) in [6, 6.07) is 4.34. The Morgan fingerprint density at radius 2 is 1.97 bits per heavy atom. The third-order valence-electron chi connectivity index (χ3n) is 4.87. The lowest BCUT2D eigenvalue weighted by atomic mass is 10.1. The number of thiocarbonyl (C=S) groups is 1. The van der Waals surface area contributed by atoms with Gasteiger partial charge < -0.3 is 19.7 Å². The molecule has 1 atom stereocenters. The highest BCUT2D eigenvalue weighted by molar-refractivity contribution is 9.10. The number of rotatable bonds is 10. The molecule has 1 aliphatic heterocycles. The van der Waals surface area contributed by atoms with Crippen LogP contribution in [0.4, 0.5) is 0 Å². The molecule has 1 aromatic carbocycles. The quantitative estimate of drug-likeness (QED) is 0.274. The van der Waals surface area contributed by atoms with Gasteiger partial charge in [-0.05, 0) is 43.3 Å². The van der Waals surface area contributed by atoms with Gasteiger partial charge in [0.2, 0.25) is 5.91 Å². The molecule has 1 unspecified atom stereocenters. The molecule has 8 nitrogen and oxygen atoms in total. The highest BCUT2D eigenvalue weighted by Gasteiger charge is 2.34. The lowest BCUT2D eigenvalue weighted by Gasteiger charge is -2.36. The normalized spacial score (nSPS) is 15.7. The van der Waals surface area contributed by atoms with Gasteiger partial charge in [-0.15, -0.1) is 0 Å². The van der Waals surface area contributed by atoms with E-state index in [0.717, 1.165) is 30.2 Å². The van der Waals surface area contributed by atoms with Crippen LogP contribution in [0.5, 0.6) is 5.75 Å². The van der Waals surface area contributed by atoms with Crippen molar-refractivity contribution in [1.29, 1.82) is 0 Å². The maximum Gasteiger partial charge on any atom is 0.308 e. The minimum Gasteiger partial charge on any atom is -0.493 e. The average molecular weight is 528 g/mol. The predicted molar refractivity (Wildman–Crippen MR) is 129 cm³/mol. The van der Waals surface area contributed by atoms with Crippen LogP contribution in [0.25, 0.3) is 0 Å². The summed E-state index contributed by atoms with van der Waals surface area (Å²) in [6.45, 7) is 5.60. The Kier molecular flexibility index (Phi) is 10.9. The van der Waals surface area contributed by atoms with Crippen LogP contribution in [0.2, 0.25) is 0 Å². The van der Waals surface area contributed by atoms with Crippen LogP contribution in [0.1, 0.15) is 56.3 Å². The Morgan fingerprint density at radius 1 is 1.25 bits per heavy atom. The van der Waals surface area contributed by atoms with Crippen LogP contribution >= 0.6 is 28.1 Å². The van der Waals surface area contributed by atoms with E-state index in [4.69, 9.17) is 21.7 Å². The van der Waals surface area contributed by atoms with Crippen molar-refractivity contribution in [3.63, 3.8) is 0 Å². The number of amides is 2. The number of nitrogens with zero attached hydrogens (tertiary/aromatic N) is 1. The smallest absolute Gasteiger partial charge is 0.308 e. The van der Waals surface area contributed by atoms with Crippen molar-refractivity contribution < 1.29 is 23.9 Å². The van der Waals surface area contributed by atoms with Crippen LogP contribution in [0.15, 0.2) is 22.7 Å². The van der Waals surface area contributed by atoms with Gasteiger partial charge in [-0.25, -0.2) is 0 Å². The van der Waals surface area contributed by atoms with Gasteiger partial charge in [-0.2, -0.15) is 0 Å². The molecule has 0 aliphatic carbocycles. The molecule has 0 aromatic heterocycles. The number of ether oxygens (including phenoxy) is 2. The fourth-order valence-electron chi connectivity index (χ4n) is 3.08. The third kappa shape index (κ3) is 7.74. The number of hydrogen-bond acceptors (Lipinski definition) is 6. The molecular formula is C22H30BrN3O5S. The molecule has 176 valence electrons. The number of carbonyl (C=O) groups is 3. The average Bonchev–Trinajstić information content (AvgIpc) is 2.76. The van der Waals surface area contributed by atoms with Crippen molar-refractivity contribution in [2.75, 3.05) is 26.3 Å². The summed E-state index contributed by atoms with van der Waals surface area (Å²) in [5, 5.41) is 5.50. The number of esters is 1. The summed E-state index contributed by atoms with van der Waals surface area (Å²) < 4.78 is 11.7. The summed E-state index contributed by atoms with van der Waals surface area (Å²) in [6.07, 6.45) is 3.36. The van der Waals surface area contributed by atoms with Crippen molar-refractivity contribution >= 4 is 51.0 Å². The Bertz CT molecular complexity index is 836. The lowest BCUT2D eigenvalue weighted by molar-refractivity contribution is -0.147. The fraction of sp³-hybridized carbons (Fsp3) is 0.545. The second kappa shape index (κ2) is 13.4. The largest absolute Gasteiger partial charge is 0.493 e. The van der Waals surface area contributed by atoms with Crippen LogP contribution in [-0.2, 0) is 14.3 Å². The molecule has 0 saturated carbocycles. The van der Waals surface area contributed by atoms with Crippen LogP contribution < -0.4 is 15.4 Å². The van der Waals surface area contributed by atoms with E-state index in [2.05, 4.69) is 33.5 Å². The number of carbonyl (C=O) groups excluding carboxylic acids is 3. The molecule has 10 heteroatoms. The van der Waals surface area contributed by atoms with Gasteiger partial charge in [0.05, 0.1) is 25.2 Å². The van der Waals surface area contributed by atoms with Gasteiger partial charge in [0.25, 0.3) is 5.91 Å². The second-order valence-corrected chi connectivity index (χ2v) is 8.68. The fourth-order valence-corrected chi connectivity index (χ4v) is 3.75. The van der Waals surface area contributed by atoms with Crippen molar-refractivity contribution in [2.24, 2.45) is 0 Å². The number of unbranched alkanes of at least 4 members (excludes halogenated alkanes) is 2. The molecule has 0 bridgehead atoms.